The number of aryl methyl sites for hydroxylation is 1. The summed E-state index contributed by atoms with van der Waals surface area (Å²) in [5.41, 5.74) is 7.52. The molecule has 0 unspecified atom stereocenters. The third-order valence-electron chi connectivity index (χ3n) is 3.07. The second kappa shape index (κ2) is 7.38. The molecule has 0 aliphatic heterocycles. The molecule has 3 N–H and O–H groups in total. The van der Waals surface area contributed by atoms with Crippen molar-refractivity contribution in [3.8, 4) is 0 Å². The third-order valence-corrected chi connectivity index (χ3v) is 3.94. The van der Waals surface area contributed by atoms with Gasteiger partial charge in [0.2, 0.25) is 0 Å². The summed E-state index contributed by atoms with van der Waals surface area (Å²) in [6.45, 7) is 4.10. The van der Waals surface area contributed by atoms with Crippen molar-refractivity contribution in [2.75, 3.05) is 0 Å². The summed E-state index contributed by atoms with van der Waals surface area (Å²) in [5.74, 6) is 0. The molecule has 1 atom stereocenters. The zero-order chi connectivity index (χ0) is 15.2. The van der Waals surface area contributed by atoms with Crippen LogP contribution in [0.4, 0.5) is 0 Å². The molecule has 0 aromatic carbocycles. The molecule has 0 radical (unpaired) electrons. The summed E-state index contributed by atoms with van der Waals surface area (Å²) >= 11 is 1.40. The number of nitrogens with two attached hydrogens (primary N) is 1. The van der Waals surface area contributed by atoms with Gasteiger partial charge in [0, 0.05) is 28.9 Å². The van der Waals surface area contributed by atoms with Crippen LogP contribution >= 0.6 is 11.8 Å². The van der Waals surface area contributed by atoms with Crippen LogP contribution in [0, 0.1) is 0 Å². The van der Waals surface area contributed by atoms with Crippen LogP contribution < -0.4 is 11.3 Å². The quantitative estimate of drug-likeness (QED) is 0.801. The standard InChI is InChI=1S/C15H20N4OS/c1-3-5-10-8-14(20)19-15(18-10)21-11-6-7-13(17-9-11)12(16)4-2/h6-9,12H,3-5,16H2,1-2H3,(H,18,19,20)/t12-/m1/s1. The maximum Gasteiger partial charge on any atom is 0.251 e. The highest BCUT2D eigenvalue weighted by Crippen LogP contribution is 2.24. The minimum Gasteiger partial charge on any atom is -0.323 e. The van der Waals surface area contributed by atoms with Crippen molar-refractivity contribution in [1.29, 1.82) is 0 Å². The van der Waals surface area contributed by atoms with Gasteiger partial charge in [-0.25, -0.2) is 4.98 Å². The van der Waals surface area contributed by atoms with Gasteiger partial charge < -0.3 is 10.7 Å². The number of hydrogen-bond acceptors (Lipinski definition) is 5. The first-order valence-corrected chi connectivity index (χ1v) is 7.93. The molecule has 2 rings (SSSR count). The van der Waals surface area contributed by atoms with Gasteiger partial charge in [-0.15, -0.1) is 0 Å². The van der Waals surface area contributed by atoms with Gasteiger partial charge in [0.15, 0.2) is 5.16 Å². The summed E-state index contributed by atoms with van der Waals surface area (Å²) < 4.78 is 0. The topological polar surface area (TPSA) is 84.7 Å². The summed E-state index contributed by atoms with van der Waals surface area (Å²) in [6, 6.07) is 5.39. The lowest BCUT2D eigenvalue weighted by atomic mass is 10.1. The maximum atomic E-state index is 11.6. The number of nitrogens with zero attached hydrogens (tertiary/aromatic N) is 2. The summed E-state index contributed by atoms with van der Waals surface area (Å²) in [7, 11) is 0. The number of rotatable bonds is 6. The third kappa shape index (κ3) is 4.41. The van der Waals surface area contributed by atoms with E-state index in [1.807, 2.05) is 19.1 Å². The predicted octanol–water partition coefficient (Wildman–Crippen LogP) is 2.68. The molecule has 2 aromatic heterocycles. The van der Waals surface area contributed by atoms with Crippen LogP contribution in [-0.2, 0) is 6.42 Å². The molecule has 0 saturated carbocycles. The summed E-state index contributed by atoms with van der Waals surface area (Å²) in [5, 5.41) is 0.597. The molecule has 112 valence electrons. The Labute approximate surface area is 128 Å². The Bertz CT molecular complexity index is 639. The minimum atomic E-state index is -0.117. The molecule has 0 amide bonds. The van der Waals surface area contributed by atoms with Crippen molar-refractivity contribution in [2.24, 2.45) is 5.73 Å². The Hall–Kier alpha value is -1.66. The fourth-order valence-corrected chi connectivity index (χ4v) is 2.69. The lowest BCUT2D eigenvalue weighted by Crippen LogP contribution is -2.10. The first-order chi connectivity index (χ1) is 10.1. The van der Waals surface area contributed by atoms with Gasteiger partial charge in [-0.2, -0.15) is 0 Å². The predicted molar refractivity (Wildman–Crippen MR) is 84.4 cm³/mol. The van der Waals surface area contributed by atoms with Crippen molar-refractivity contribution >= 4 is 11.8 Å². The SMILES string of the molecule is CCCc1cc(=O)[nH]c(Sc2ccc([C@H](N)CC)nc2)n1. The molecular formula is C15H20N4OS. The molecule has 2 aromatic rings. The minimum absolute atomic E-state index is 0.0325. The van der Waals surface area contributed by atoms with E-state index in [2.05, 4.69) is 21.9 Å². The fraction of sp³-hybridized carbons (Fsp3) is 0.400. The Morgan fingerprint density at radius 2 is 2.19 bits per heavy atom. The van der Waals surface area contributed by atoms with Crippen molar-refractivity contribution in [2.45, 2.75) is 49.2 Å². The van der Waals surface area contributed by atoms with E-state index in [4.69, 9.17) is 5.73 Å². The Balaban J connectivity index is 2.16. The molecule has 2 heterocycles. The van der Waals surface area contributed by atoms with E-state index in [0.29, 0.717) is 5.16 Å². The van der Waals surface area contributed by atoms with Crippen LogP contribution in [-0.4, -0.2) is 15.0 Å². The molecule has 0 fully saturated rings. The second-order valence-corrected chi connectivity index (χ2v) is 5.89. The van der Waals surface area contributed by atoms with E-state index in [9.17, 15) is 4.79 Å². The maximum absolute atomic E-state index is 11.6. The molecule has 5 nitrogen and oxygen atoms in total. The Morgan fingerprint density at radius 3 is 2.81 bits per heavy atom. The average Bonchev–Trinajstić information content (AvgIpc) is 2.47. The summed E-state index contributed by atoms with van der Waals surface area (Å²) in [4.78, 5) is 24.1. The molecular weight excluding hydrogens is 284 g/mol. The van der Waals surface area contributed by atoms with Crippen LogP contribution in [0.3, 0.4) is 0 Å². The van der Waals surface area contributed by atoms with Crippen molar-refractivity contribution in [3.05, 3.63) is 46.1 Å². The van der Waals surface area contributed by atoms with Gasteiger partial charge in [0.1, 0.15) is 0 Å². The van der Waals surface area contributed by atoms with Gasteiger partial charge in [-0.1, -0.05) is 32.0 Å². The van der Waals surface area contributed by atoms with Gasteiger partial charge in [0.05, 0.1) is 5.69 Å². The Kier molecular flexibility index (Phi) is 5.52. The molecule has 0 aliphatic rings. The first kappa shape index (κ1) is 15.7. The average molecular weight is 304 g/mol. The lowest BCUT2D eigenvalue weighted by molar-refractivity contribution is 0.674. The zero-order valence-corrected chi connectivity index (χ0v) is 13.1. The molecule has 0 bridgehead atoms. The van der Waals surface area contributed by atoms with Gasteiger partial charge in [0.25, 0.3) is 5.56 Å². The molecule has 6 heteroatoms. The number of H-pyrrole nitrogens is 1. The number of nitrogens with one attached hydrogen (secondary N) is 1. The number of aromatic nitrogens is 3. The van der Waals surface area contributed by atoms with Crippen molar-refractivity contribution in [3.63, 3.8) is 0 Å². The highest BCUT2D eigenvalue weighted by molar-refractivity contribution is 7.99. The Morgan fingerprint density at radius 1 is 1.38 bits per heavy atom. The van der Waals surface area contributed by atoms with E-state index < -0.39 is 0 Å². The highest BCUT2D eigenvalue weighted by Gasteiger charge is 2.07. The van der Waals surface area contributed by atoms with E-state index in [0.717, 1.165) is 35.5 Å². The van der Waals surface area contributed by atoms with E-state index in [-0.39, 0.29) is 11.6 Å². The summed E-state index contributed by atoms with van der Waals surface area (Å²) in [6.07, 6.45) is 4.39. The van der Waals surface area contributed by atoms with E-state index in [1.165, 1.54) is 11.8 Å². The largest absolute Gasteiger partial charge is 0.323 e. The van der Waals surface area contributed by atoms with E-state index >= 15 is 0 Å². The molecule has 21 heavy (non-hydrogen) atoms. The second-order valence-electron chi connectivity index (χ2n) is 4.83. The zero-order valence-electron chi connectivity index (χ0n) is 12.3. The monoisotopic (exact) mass is 304 g/mol. The van der Waals surface area contributed by atoms with Gasteiger partial charge in [-0.3, -0.25) is 9.78 Å². The van der Waals surface area contributed by atoms with Crippen LogP contribution in [0.1, 0.15) is 44.1 Å². The van der Waals surface area contributed by atoms with E-state index in [1.54, 1.807) is 12.3 Å². The first-order valence-electron chi connectivity index (χ1n) is 7.12. The van der Waals surface area contributed by atoms with Gasteiger partial charge in [-0.05, 0) is 25.0 Å². The van der Waals surface area contributed by atoms with Crippen LogP contribution in [0.25, 0.3) is 0 Å². The van der Waals surface area contributed by atoms with Crippen molar-refractivity contribution < 1.29 is 0 Å². The van der Waals surface area contributed by atoms with Gasteiger partial charge >= 0.3 is 0 Å². The number of pyridine rings is 1. The molecule has 0 aliphatic carbocycles. The van der Waals surface area contributed by atoms with Crippen LogP contribution in [0.2, 0.25) is 0 Å². The lowest BCUT2D eigenvalue weighted by Gasteiger charge is -2.08. The molecule has 0 spiro atoms. The number of aromatic amines is 1. The van der Waals surface area contributed by atoms with Crippen LogP contribution in [0.5, 0.6) is 0 Å². The van der Waals surface area contributed by atoms with Crippen molar-refractivity contribution in [1.82, 2.24) is 15.0 Å². The molecule has 0 saturated heterocycles. The normalized spacial score (nSPS) is 12.3. The highest BCUT2D eigenvalue weighted by atomic mass is 32.2. The number of hydrogen-bond donors (Lipinski definition) is 2. The fourth-order valence-electron chi connectivity index (χ4n) is 1.91. The smallest absolute Gasteiger partial charge is 0.251 e. The van der Waals surface area contributed by atoms with Crippen LogP contribution in [0.15, 0.2) is 39.2 Å².